The summed E-state index contributed by atoms with van der Waals surface area (Å²) in [4.78, 5) is 15.4. The third-order valence-electron chi connectivity index (χ3n) is 7.65. The quantitative estimate of drug-likeness (QED) is 0.0943. The zero-order valence-corrected chi connectivity index (χ0v) is 20.8. The first kappa shape index (κ1) is 26.5. The van der Waals surface area contributed by atoms with Crippen LogP contribution in [0.2, 0.25) is 6.82 Å². The minimum atomic E-state index is -2.36. The Morgan fingerprint density at radius 3 is 1.23 bits per heavy atom. The van der Waals surface area contributed by atoms with E-state index in [9.17, 15) is 26.3 Å². The highest BCUT2D eigenvalue weighted by molar-refractivity contribution is 6.56. The molecule has 19 heteroatoms. The Kier molecular flexibility index (Phi) is 4.87. The van der Waals surface area contributed by atoms with Crippen molar-refractivity contribution in [3.8, 4) is 0 Å². The van der Waals surface area contributed by atoms with E-state index in [1.54, 1.807) is 0 Å². The van der Waals surface area contributed by atoms with E-state index in [1.807, 2.05) is 0 Å². The Labute approximate surface area is 232 Å². The second-order valence-corrected chi connectivity index (χ2v) is 9.78. The lowest BCUT2D eigenvalue weighted by molar-refractivity contribution is 0.407. The number of aliphatic imine (C=N–C) groups is 2. The summed E-state index contributed by atoms with van der Waals surface area (Å²) < 4.78 is 180. The van der Waals surface area contributed by atoms with Crippen LogP contribution in [0.4, 0.5) is 64.3 Å². The summed E-state index contributed by atoms with van der Waals surface area (Å²) in [5.41, 5.74) is -4.23. The number of benzene rings is 3. The zero-order chi connectivity index (χ0) is 31.4. The molecular weight excluding hydrogens is 623 g/mol. The van der Waals surface area contributed by atoms with E-state index >= 15 is 26.3 Å². The molecule has 2 aromatic heterocycles. The fourth-order valence-corrected chi connectivity index (χ4v) is 5.77. The molecule has 0 saturated heterocycles. The van der Waals surface area contributed by atoms with Gasteiger partial charge in [0, 0.05) is 0 Å². The van der Waals surface area contributed by atoms with Crippen molar-refractivity contribution >= 4 is 51.8 Å². The number of nitrogens with zero attached hydrogens (tertiary/aromatic N) is 6. The van der Waals surface area contributed by atoms with Gasteiger partial charge in [0.05, 0.1) is 32.7 Å². The first-order chi connectivity index (χ1) is 20.8. The Morgan fingerprint density at radius 1 is 0.386 bits per heavy atom. The average Bonchev–Trinajstić information content (AvgIpc) is 3.63. The van der Waals surface area contributed by atoms with Crippen molar-refractivity contribution in [2.75, 3.05) is 0 Å². The van der Waals surface area contributed by atoms with Gasteiger partial charge >= 0.3 is 6.98 Å². The molecule has 0 unspecified atom stereocenters. The maximum atomic E-state index is 15.3. The smallest absolute Gasteiger partial charge is 0.333 e. The maximum absolute atomic E-state index is 15.3. The Morgan fingerprint density at radius 2 is 0.750 bits per heavy atom. The van der Waals surface area contributed by atoms with Gasteiger partial charge in [0.2, 0.25) is 0 Å². The predicted octanol–water partition coefficient (Wildman–Crippen LogP) is 5.52. The minimum Gasteiger partial charge on any atom is -0.333 e. The first-order valence-corrected chi connectivity index (χ1v) is 12.0. The molecule has 0 saturated carbocycles. The summed E-state index contributed by atoms with van der Waals surface area (Å²) in [6, 6.07) is 0. The number of rotatable bonds is 0. The minimum absolute atomic E-state index is 0.725. The highest BCUT2D eigenvalue weighted by atomic mass is 19.2. The van der Waals surface area contributed by atoms with Crippen LogP contribution in [-0.4, -0.2) is 27.6 Å². The predicted molar refractivity (Wildman–Crippen MR) is 127 cm³/mol. The Balaban J connectivity index is 1.74. The lowest BCUT2D eigenvalue weighted by atomic mass is 9.78. The van der Waals surface area contributed by atoms with Crippen molar-refractivity contribution in [1.82, 2.24) is 8.96 Å². The van der Waals surface area contributed by atoms with E-state index in [2.05, 4.69) is 20.0 Å². The Hall–Kier alpha value is -5.10. The highest BCUT2D eigenvalue weighted by Gasteiger charge is 2.41. The van der Waals surface area contributed by atoms with Gasteiger partial charge in [-0.3, -0.25) is 0 Å². The molecule has 5 heterocycles. The lowest BCUT2D eigenvalue weighted by Crippen LogP contribution is -2.46. The summed E-state index contributed by atoms with van der Waals surface area (Å²) in [5.74, 6) is -30.4. The lowest BCUT2D eigenvalue weighted by Gasteiger charge is -2.20. The molecule has 0 atom stereocenters. The summed E-state index contributed by atoms with van der Waals surface area (Å²) in [7, 11) is 0. The first-order valence-electron chi connectivity index (χ1n) is 12.0. The third-order valence-corrected chi connectivity index (χ3v) is 7.65. The molecule has 0 N–H and O–H groups in total. The fraction of sp³-hybridized carbons (Fsp3) is 0.0400. The highest BCUT2D eigenvalue weighted by Crippen LogP contribution is 2.45. The van der Waals surface area contributed by atoms with Crippen LogP contribution < -0.4 is 11.0 Å². The average molecular weight is 626 g/mol. The van der Waals surface area contributed by atoms with Crippen molar-refractivity contribution in [1.29, 1.82) is 0 Å². The molecule has 3 aliphatic rings. The van der Waals surface area contributed by atoms with E-state index < -0.39 is 144 Å². The fourth-order valence-electron chi connectivity index (χ4n) is 5.77. The summed E-state index contributed by atoms with van der Waals surface area (Å²) in [6.07, 6.45) is 0. The van der Waals surface area contributed by atoms with Gasteiger partial charge in [0.25, 0.3) is 0 Å². The molecule has 5 aromatic rings. The number of aromatic nitrogens is 2. The van der Waals surface area contributed by atoms with Gasteiger partial charge in [-0.05, 0) is 6.82 Å². The van der Waals surface area contributed by atoms with Crippen LogP contribution in [0.1, 0.15) is 11.1 Å². The van der Waals surface area contributed by atoms with E-state index in [1.165, 1.54) is 0 Å². The molecule has 0 spiro atoms. The molecule has 4 bridgehead atoms. The molecule has 44 heavy (non-hydrogen) atoms. The summed E-state index contributed by atoms with van der Waals surface area (Å²) in [6.45, 7) is -0.429. The third kappa shape index (κ3) is 2.78. The molecule has 0 radical (unpaired) electrons. The summed E-state index contributed by atoms with van der Waals surface area (Å²) in [5, 5.41) is -4.61. The molecule has 3 aromatic carbocycles. The number of halogens is 12. The van der Waals surface area contributed by atoms with Crippen molar-refractivity contribution in [2.45, 2.75) is 6.82 Å². The topological polar surface area (TPSA) is 59.3 Å². The van der Waals surface area contributed by atoms with Gasteiger partial charge in [-0.15, -0.1) is 0 Å². The molecule has 220 valence electrons. The molecular formula is C25H3BF12N6. The van der Waals surface area contributed by atoms with Crippen molar-refractivity contribution in [3.05, 3.63) is 91.9 Å². The Bertz CT molecular complexity index is 2500. The molecule has 0 amide bonds. The van der Waals surface area contributed by atoms with Gasteiger partial charge < -0.3 is 8.96 Å². The van der Waals surface area contributed by atoms with Crippen LogP contribution in [0.15, 0.2) is 20.0 Å². The van der Waals surface area contributed by atoms with E-state index in [0.29, 0.717) is 0 Å². The van der Waals surface area contributed by atoms with Crippen molar-refractivity contribution in [3.63, 3.8) is 0 Å². The monoisotopic (exact) mass is 626 g/mol. The largest absolute Gasteiger partial charge is 0.386 e. The number of amidine groups is 2. The number of hydrogen-bond donors (Lipinski definition) is 0. The van der Waals surface area contributed by atoms with Crippen LogP contribution in [0.5, 0.6) is 0 Å². The van der Waals surface area contributed by atoms with Crippen molar-refractivity contribution < 1.29 is 52.7 Å². The van der Waals surface area contributed by atoms with Crippen LogP contribution >= 0.6 is 0 Å². The van der Waals surface area contributed by atoms with Gasteiger partial charge in [0.15, 0.2) is 81.5 Å². The number of fused-ring (bicyclic) bond motifs is 10. The molecule has 8 rings (SSSR count). The standard InChI is InChI=1S/C25H3BF12N6/c1-26-43-22-4-6(12(31)18(37)16(35)10(4)29)24(43)42-25-7-5(11(30)17(36)19(38)13(7)32)23(44(25)26)41-21-3-2(20(39-21)40-22)8(27)14(33)15(34)9(3)28/h1H3. The second kappa shape index (κ2) is 8.09. The molecule has 3 aliphatic heterocycles. The van der Waals surface area contributed by atoms with Crippen LogP contribution in [0.3, 0.4) is 0 Å². The van der Waals surface area contributed by atoms with E-state index in [4.69, 9.17) is 0 Å². The van der Waals surface area contributed by atoms with Gasteiger partial charge in [0.1, 0.15) is 22.6 Å². The van der Waals surface area contributed by atoms with Gasteiger partial charge in [-0.2, -0.15) is 0 Å². The molecule has 0 aliphatic carbocycles. The zero-order valence-electron chi connectivity index (χ0n) is 20.8. The molecule has 0 fully saturated rings. The SMILES string of the molecule is CB1n2c3c4c(F)c(F)c(F)c(F)c4c2N=c2c4c(F)c(F)c(F)c(F)c4c(n21)=NC1=NC(=N3)c2c(F)c(F)c(F)c(F)c21. The van der Waals surface area contributed by atoms with Crippen LogP contribution in [0.25, 0.3) is 21.5 Å². The summed E-state index contributed by atoms with van der Waals surface area (Å²) >= 11 is 0. The van der Waals surface area contributed by atoms with Crippen LogP contribution in [0, 0.1) is 69.8 Å². The molecule has 6 nitrogen and oxygen atoms in total. The number of hydrogen-bond acceptors (Lipinski definition) is 4. The second-order valence-electron chi connectivity index (χ2n) is 9.78. The normalized spacial score (nSPS) is 14.6. The maximum Gasteiger partial charge on any atom is 0.386 e. The van der Waals surface area contributed by atoms with E-state index in [0.717, 1.165) is 15.8 Å². The van der Waals surface area contributed by atoms with Crippen LogP contribution in [-0.2, 0) is 0 Å². The van der Waals surface area contributed by atoms with E-state index in [-0.39, 0.29) is 0 Å². The van der Waals surface area contributed by atoms with Gasteiger partial charge in [-0.25, -0.2) is 72.7 Å². The van der Waals surface area contributed by atoms with Crippen molar-refractivity contribution in [2.24, 2.45) is 20.0 Å². The van der Waals surface area contributed by atoms with Gasteiger partial charge in [-0.1, -0.05) is 0 Å².